The molecule has 0 aliphatic carbocycles. The standard InChI is InChI=1S/C9H17N3/c1-3-12-7-6-11-9(12)8(2)4-5-10/h6-8H,3-5,10H2,1-2H3. The van der Waals surface area contributed by atoms with E-state index in [1.807, 2.05) is 12.4 Å². The van der Waals surface area contributed by atoms with Crippen LogP contribution in [0.25, 0.3) is 0 Å². The highest BCUT2D eigenvalue weighted by Gasteiger charge is 2.09. The highest BCUT2D eigenvalue weighted by molar-refractivity contribution is 4.98. The minimum Gasteiger partial charge on any atom is -0.335 e. The monoisotopic (exact) mass is 167 g/mol. The molecule has 1 unspecified atom stereocenters. The summed E-state index contributed by atoms with van der Waals surface area (Å²) in [4.78, 5) is 4.31. The zero-order chi connectivity index (χ0) is 8.97. The zero-order valence-corrected chi connectivity index (χ0v) is 7.83. The van der Waals surface area contributed by atoms with Gasteiger partial charge >= 0.3 is 0 Å². The Balaban J connectivity index is 2.71. The molecule has 0 saturated heterocycles. The van der Waals surface area contributed by atoms with Crippen LogP contribution in [0.3, 0.4) is 0 Å². The van der Waals surface area contributed by atoms with Gasteiger partial charge in [0.25, 0.3) is 0 Å². The van der Waals surface area contributed by atoms with Crippen LogP contribution < -0.4 is 5.73 Å². The normalized spacial score (nSPS) is 13.2. The van der Waals surface area contributed by atoms with Gasteiger partial charge in [-0.15, -0.1) is 0 Å². The molecule has 3 nitrogen and oxygen atoms in total. The van der Waals surface area contributed by atoms with Gasteiger partial charge in [-0.1, -0.05) is 6.92 Å². The Morgan fingerprint density at radius 1 is 1.67 bits per heavy atom. The fourth-order valence-corrected chi connectivity index (χ4v) is 1.40. The zero-order valence-electron chi connectivity index (χ0n) is 7.83. The third-order valence-corrected chi connectivity index (χ3v) is 2.13. The fourth-order valence-electron chi connectivity index (χ4n) is 1.40. The van der Waals surface area contributed by atoms with Crippen molar-refractivity contribution in [1.29, 1.82) is 0 Å². The van der Waals surface area contributed by atoms with Crippen LogP contribution in [0.15, 0.2) is 12.4 Å². The van der Waals surface area contributed by atoms with Gasteiger partial charge in [-0.2, -0.15) is 0 Å². The summed E-state index contributed by atoms with van der Waals surface area (Å²) in [6, 6.07) is 0. The molecule has 0 spiro atoms. The molecule has 0 aliphatic heterocycles. The van der Waals surface area contributed by atoms with Gasteiger partial charge in [0.15, 0.2) is 0 Å². The number of rotatable bonds is 4. The number of nitrogens with zero attached hydrogens (tertiary/aromatic N) is 2. The Bertz CT molecular complexity index is 229. The van der Waals surface area contributed by atoms with E-state index in [0.717, 1.165) is 25.3 Å². The van der Waals surface area contributed by atoms with E-state index in [1.54, 1.807) is 0 Å². The Labute approximate surface area is 73.6 Å². The summed E-state index contributed by atoms with van der Waals surface area (Å²) in [5, 5.41) is 0. The van der Waals surface area contributed by atoms with E-state index in [0.29, 0.717) is 5.92 Å². The molecular weight excluding hydrogens is 150 g/mol. The Morgan fingerprint density at radius 3 is 3.00 bits per heavy atom. The van der Waals surface area contributed by atoms with E-state index in [2.05, 4.69) is 23.4 Å². The fraction of sp³-hybridized carbons (Fsp3) is 0.667. The Kier molecular flexibility index (Phi) is 3.29. The highest BCUT2D eigenvalue weighted by atomic mass is 15.1. The second-order valence-electron chi connectivity index (χ2n) is 3.05. The number of aromatic nitrogens is 2. The average molecular weight is 167 g/mol. The van der Waals surface area contributed by atoms with E-state index in [-0.39, 0.29) is 0 Å². The van der Waals surface area contributed by atoms with Gasteiger partial charge in [-0.25, -0.2) is 4.98 Å². The Morgan fingerprint density at radius 2 is 2.42 bits per heavy atom. The van der Waals surface area contributed by atoms with Crippen molar-refractivity contribution in [2.24, 2.45) is 5.73 Å². The van der Waals surface area contributed by atoms with Crippen molar-refractivity contribution >= 4 is 0 Å². The first-order valence-corrected chi connectivity index (χ1v) is 4.50. The lowest BCUT2D eigenvalue weighted by Crippen LogP contribution is -2.09. The summed E-state index contributed by atoms with van der Waals surface area (Å²) >= 11 is 0. The predicted octanol–water partition coefficient (Wildman–Crippen LogP) is 1.36. The quantitative estimate of drug-likeness (QED) is 0.735. The molecule has 68 valence electrons. The topological polar surface area (TPSA) is 43.8 Å². The van der Waals surface area contributed by atoms with Gasteiger partial charge in [0.2, 0.25) is 0 Å². The summed E-state index contributed by atoms with van der Waals surface area (Å²) in [6.07, 6.45) is 4.88. The molecule has 0 aliphatic rings. The van der Waals surface area contributed by atoms with Crippen LogP contribution in [-0.4, -0.2) is 16.1 Å². The average Bonchev–Trinajstić information content (AvgIpc) is 2.51. The second kappa shape index (κ2) is 4.26. The summed E-state index contributed by atoms with van der Waals surface area (Å²) in [5.41, 5.74) is 5.49. The molecule has 3 heteroatoms. The molecular formula is C9H17N3. The molecule has 1 rings (SSSR count). The number of imidazole rings is 1. The molecule has 1 aromatic rings. The van der Waals surface area contributed by atoms with E-state index in [9.17, 15) is 0 Å². The van der Waals surface area contributed by atoms with Gasteiger partial charge in [0.05, 0.1) is 0 Å². The summed E-state index contributed by atoms with van der Waals surface area (Å²) < 4.78 is 2.17. The minimum atomic E-state index is 0.477. The first-order valence-electron chi connectivity index (χ1n) is 4.50. The molecule has 0 saturated carbocycles. The van der Waals surface area contributed by atoms with E-state index in [1.165, 1.54) is 0 Å². The van der Waals surface area contributed by atoms with Gasteiger partial charge in [0, 0.05) is 24.9 Å². The van der Waals surface area contributed by atoms with E-state index in [4.69, 9.17) is 5.73 Å². The Hall–Kier alpha value is -0.830. The van der Waals surface area contributed by atoms with Crippen molar-refractivity contribution in [2.45, 2.75) is 32.7 Å². The van der Waals surface area contributed by atoms with E-state index >= 15 is 0 Å². The summed E-state index contributed by atoms with van der Waals surface area (Å²) in [7, 11) is 0. The number of aryl methyl sites for hydroxylation is 1. The largest absolute Gasteiger partial charge is 0.335 e. The maximum Gasteiger partial charge on any atom is 0.111 e. The molecule has 0 aromatic carbocycles. The van der Waals surface area contributed by atoms with Crippen LogP contribution in [-0.2, 0) is 6.54 Å². The van der Waals surface area contributed by atoms with Gasteiger partial charge < -0.3 is 10.3 Å². The van der Waals surface area contributed by atoms with Crippen molar-refractivity contribution in [2.75, 3.05) is 6.54 Å². The molecule has 1 heterocycles. The predicted molar refractivity (Wildman–Crippen MR) is 50.0 cm³/mol. The lowest BCUT2D eigenvalue weighted by atomic mass is 10.1. The van der Waals surface area contributed by atoms with Crippen LogP contribution >= 0.6 is 0 Å². The van der Waals surface area contributed by atoms with Crippen molar-refractivity contribution < 1.29 is 0 Å². The van der Waals surface area contributed by atoms with Crippen LogP contribution in [0.1, 0.15) is 32.0 Å². The molecule has 2 N–H and O–H groups in total. The molecule has 0 radical (unpaired) electrons. The van der Waals surface area contributed by atoms with Gasteiger partial charge in [-0.3, -0.25) is 0 Å². The highest BCUT2D eigenvalue weighted by Crippen LogP contribution is 2.15. The maximum atomic E-state index is 5.49. The lowest BCUT2D eigenvalue weighted by molar-refractivity contribution is 0.591. The number of nitrogens with two attached hydrogens (primary N) is 1. The third kappa shape index (κ3) is 1.85. The number of hydrogen-bond donors (Lipinski definition) is 1. The van der Waals surface area contributed by atoms with Crippen LogP contribution in [0.2, 0.25) is 0 Å². The van der Waals surface area contributed by atoms with Crippen molar-refractivity contribution in [3.05, 3.63) is 18.2 Å². The van der Waals surface area contributed by atoms with Crippen molar-refractivity contribution in [1.82, 2.24) is 9.55 Å². The number of hydrogen-bond acceptors (Lipinski definition) is 2. The first-order chi connectivity index (χ1) is 5.79. The SMILES string of the molecule is CCn1ccnc1C(C)CCN. The molecule has 1 atom stereocenters. The van der Waals surface area contributed by atoms with E-state index < -0.39 is 0 Å². The second-order valence-corrected chi connectivity index (χ2v) is 3.05. The van der Waals surface area contributed by atoms with Crippen LogP contribution in [0.4, 0.5) is 0 Å². The first kappa shape index (κ1) is 9.26. The van der Waals surface area contributed by atoms with Crippen molar-refractivity contribution in [3.63, 3.8) is 0 Å². The van der Waals surface area contributed by atoms with Crippen LogP contribution in [0, 0.1) is 0 Å². The van der Waals surface area contributed by atoms with Crippen LogP contribution in [0.5, 0.6) is 0 Å². The molecule has 0 amide bonds. The summed E-state index contributed by atoms with van der Waals surface area (Å²) in [5.74, 6) is 1.63. The third-order valence-electron chi connectivity index (χ3n) is 2.13. The molecule has 0 fully saturated rings. The smallest absolute Gasteiger partial charge is 0.111 e. The molecule has 1 aromatic heterocycles. The van der Waals surface area contributed by atoms with Crippen molar-refractivity contribution in [3.8, 4) is 0 Å². The maximum absolute atomic E-state index is 5.49. The lowest BCUT2D eigenvalue weighted by Gasteiger charge is -2.11. The minimum absolute atomic E-state index is 0.477. The molecule has 0 bridgehead atoms. The van der Waals surface area contributed by atoms with Gasteiger partial charge in [0.1, 0.15) is 5.82 Å². The van der Waals surface area contributed by atoms with Gasteiger partial charge in [-0.05, 0) is 19.9 Å². The molecule has 12 heavy (non-hydrogen) atoms. The summed E-state index contributed by atoms with van der Waals surface area (Å²) in [6.45, 7) is 6.02.